The number of aliphatic carboxylic acids is 1. The van der Waals surface area contributed by atoms with E-state index in [1.807, 2.05) is 13.8 Å². The van der Waals surface area contributed by atoms with Gasteiger partial charge in [0.15, 0.2) is 0 Å². The molecule has 0 aliphatic heterocycles. The highest BCUT2D eigenvalue weighted by Crippen LogP contribution is 2.26. The molecule has 4 heteroatoms. The smallest absolute Gasteiger partial charge is 0.309 e. The molecule has 0 aliphatic rings. The molecule has 0 atom stereocenters. The predicted molar refractivity (Wildman–Crippen MR) is 118 cm³/mol. The summed E-state index contributed by atoms with van der Waals surface area (Å²) >= 11 is 0. The maximum Gasteiger partial charge on any atom is 0.309 e. The van der Waals surface area contributed by atoms with E-state index in [0.29, 0.717) is 6.47 Å². The molecule has 0 amide bonds. The largest absolute Gasteiger partial charge is 0.481 e. The van der Waals surface area contributed by atoms with Crippen molar-refractivity contribution in [3.63, 3.8) is 0 Å². The lowest BCUT2D eigenvalue weighted by Crippen LogP contribution is -2.23. The third kappa shape index (κ3) is 9.01. The SMILES string of the molecule is Cc1cc(CCCCCC(C)(C)C(=O)O)c(C)c(CCCCC(C)(C)OC=O)c1. The number of carbonyl (C=O) groups is 2. The summed E-state index contributed by atoms with van der Waals surface area (Å²) in [6.45, 7) is 12.4. The van der Waals surface area contributed by atoms with Crippen LogP contribution in [0.15, 0.2) is 12.1 Å². The van der Waals surface area contributed by atoms with Gasteiger partial charge < -0.3 is 9.84 Å². The molecule has 0 unspecified atom stereocenters. The van der Waals surface area contributed by atoms with E-state index in [9.17, 15) is 14.7 Å². The van der Waals surface area contributed by atoms with Gasteiger partial charge in [0.05, 0.1) is 5.41 Å². The number of hydrogen-bond acceptors (Lipinski definition) is 3. The van der Waals surface area contributed by atoms with Gasteiger partial charge in [0.1, 0.15) is 5.60 Å². The van der Waals surface area contributed by atoms with Crippen molar-refractivity contribution in [3.05, 3.63) is 34.4 Å². The third-order valence-electron chi connectivity index (χ3n) is 5.94. The number of rotatable bonds is 14. The third-order valence-corrected chi connectivity index (χ3v) is 5.94. The molecule has 0 spiro atoms. The fourth-order valence-electron chi connectivity index (χ4n) is 3.75. The molecule has 164 valence electrons. The molecule has 1 aromatic carbocycles. The first kappa shape index (κ1) is 25.2. The molecule has 29 heavy (non-hydrogen) atoms. The first-order valence-corrected chi connectivity index (χ1v) is 10.9. The van der Waals surface area contributed by atoms with E-state index >= 15 is 0 Å². The van der Waals surface area contributed by atoms with Crippen molar-refractivity contribution in [1.29, 1.82) is 0 Å². The minimum absolute atomic E-state index is 0.385. The van der Waals surface area contributed by atoms with E-state index < -0.39 is 11.4 Å². The second kappa shape index (κ2) is 11.4. The Hall–Kier alpha value is -1.84. The molecule has 0 radical (unpaired) electrons. The van der Waals surface area contributed by atoms with Crippen molar-refractivity contribution in [3.8, 4) is 0 Å². The number of aryl methyl sites for hydroxylation is 3. The molecule has 1 aromatic rings. The first-order valence-electron chi connectivity index (χ1n) is 10.9. The number of benzene rings is 1. The molecule has 0 saturated heterocycles. The summed E-state index contributed by atoms with van der Waals surface area (Å²) in [5, 5.41) is 9.21. The van der Waals surface area contributed by atoms with Crippen LogP contribution >= 0.6 is 0 Å². The normalized spacial score (nSPS) is 12.1. The summed E-state index contributed by atoms with van der Waals surface area (Å²) in [5.41, 5.74) is 4.52. The van der Waals surface area contributed by atoms with Gasteiger partial charge in [-0.25, -0.2) is 0 Å². The molecule has 0 bridgehead atoms. The zero-order valence-corrected chi connectivity index (χ0v) is 19.3. The molecule has 1 N–H and O–H groups in total. The van der Waals surface area contributed by atoms with Gasteiger partial charge in [-0.05, 0) is 103 Å². The van der Waals surface area contributed by atoms with E-state index in [0.717, 1.165) is 57.8 Å². The average molecular weight is 405 g/mol. The van der Waals surface area contributed by atoms with Gasteiger partial charge >= 0.3 is 5.97 Å². The molecule has 0 heterocycles. The fourth-order valence-corrected chi connectivity index (χ4v) is 3.75. The number of carboxylic acids is 1. The van der Waals surface area contributed by atoms with Crippen LogP contribution in [0.1, 0.15) is 94.9 Å². The number of ether oxygens (including phenoxy) is 1. The Morgan fingerprint density at radius 3 is 1.97 bits per heavy atom. The molecule has 0 aromatic heterocycles. The van der Waals surface area contributed by atoms with Crippen LogP contribution in [-0.2, 0) is 27.2 Å². The van der Waals surface area contributed by atoms with Gasteiger partial charge in [-0.2, -0.15) is 0 Å². The van der Waals surface area contributed by atoms with Gasteiger partial charge in [0, 0.05) is 0 Å². The summed E-state index contributed by atoms with van der Waals surface area (Å²) in [5.74, 6) is -0.710. The average Bonchev–Trinajstić information content (AvgIpc) is 2.61. The van der Waals surface area contributed by atoms with Gasteiger partial charge in [0.25, 0.3) is 6.47 Å². The molecule has 0 fully saturated rings. The summed E-state index contributed by atoms with van der Waals surface area (Å²) in [6.07, 6.45) is 8.92. The van der Waals surface area contributed by atoms with Crippen LogP contribution in [0.2, 0.25) is 0 Å². The first-order chi connectivity index (χ1) is 13.5. The highest BCUT2D eigenvalue weighted by molar-refractivity contribution is 5.73. The van der Waals surface area contributed by atoms with Gasteiger partial charge in [0.2, 0.25) is 0 Å². The van der Waals surface area contributed by atoms with Gasteiger partial charge in [-0.3, -0.25) is 9.59 Å². The quantitative estimate of drug-likeness (QED) is 0.297. The minimum atomic E-state index is -0.710. The van der Waals surface area contributed by atoms with Crippen LogP contribution < -0.4 is 0 Å². The molecular weight excluding hydrogens is 364 g/mol. The van der Waals surface area contributed by atoms with Crippen LogP contribution in [0.4, 0.5) is 0 Å². The summed E-state index contributed by atoms with van der Waals surface area (Å²) < 4.78 is 5.13. The van der Waals surface area contributed by atoms with Crippen molar-refractivity contribution >= 4 is 12.4 Å². The Labute approximate surface area is 177 Å². The van der Waals surface area contributed by atoms with Crippen molar-refractivity contribution in [1.82, 2.24) is 0 Å². The van der Waals surface area contributed by atoms with Crippen molar-refractivity contribution in [2.45, 2.75) is 105 Å². The number of hydrogen-bond donors (Lipinski definition) is 1. The molecule has 1 rings (SSSR count). The Morgan fingerprint density at radius 1 is 0.931 bits per heavy atom. The Balaban J connectivity index is 2.52. The fraction of sp³-hybridized carbons (Fsp3) is 0.680. The summed E-state index contributed by atoms with van der Waals surface area (Å²) in [6, 6.07) is 4.59. The van der Waals surface area contributed by atoms with Crippen LogP contribution in [0.5, 0.6) is 0 Å². The van der Waals surface area contributed by atoms with Crippen molar-refractivity contribution in [2.75, 3.05) is 0 Å². The Kier molecular flexibility index (Phi) is 9.88. The zero-order valence-electron chi connectivity index (χ0n) is 19.3. The van der Waals surface area contributed by atoms with Crippen molar-refractivity contribution < 1.29 is 19.4 Å². The molecular formula is C25H40O4. The topological polar surface area (TPSA) is 63.6 Å². The van der Waals surface area contributed by atoms with E-state index in [1.165, 1.54) is 22.3 Å². The monoisotopic (exact) mass is 404 g/mol. The second-order valence-electron chi connectivity index (χ2n) is 9.64. The predicted octanol–water partition coefficient (Wildman–Crippen LogP) is 6.18. The number of carbonyl (C=O) groups excluding carboxylic acids is 1. The van der Waals surface area contributed by atoms with E-state index in [2.05, 4.69) is 26.0 Å². The molecule has 4 nitrogen and oxygen atoms in total. The number of carboxylic acid groups (broad SMARTS) is 1. The van der Waals surface area contributed by atoms with Gasteiger partial charge in [-0.1, -0.05) is 30.5 Å². The Morgan fingerprint density at radius 2 is 1.45 bits per heavy atom. The van der Waals surface area contributed by atoms with Crippen LogP contribution in [0.3, 0.4) is 0 Å². The summed E-state index contributed by atoms with van der Waals surface area (Å²) in [7, 11) is 0. The highest BCUT2D eigenvalue weighted by atomic mass is 16.5. The van der Waals surface area contributed by atoms with Crippen LogP contribution in [-0.4, -0.2) is 23.1 Å². The van der Waals surface area contributed by atoms with Gasteiger partial charge in [-0.15, -0.1) is 0 Å². The molecule has 0 saturated carbocycles. The second-order valence-corrected chi connectivity index (χ2v) is 9.64. The standard InChI is InChI=1S/C25H40O4/c1-19-16-21(12-8-7-10-14-24(3,4)23(27)28)20(2)22(17-19)13-9-11-15-25(5,6)29-18-26/h16-18H,7-15H2,1-6H3,(H,27,28). The maximum absolute atomic E-state index is 11.2. The lowest BCUT2D eigenvalue weighted by Gasteiger charge is -2.22. The van der Waals surface area contributed by atoms with Crippen LogP contribution in [0, 0.1) is 19.3 Å². The van der Waals surface area contributed by atoms with E-state index in [1.54, 1.807) is 13.8 Å². The number of unbranched alkanes of at least 4 members (excludes halogenated alkanes) is 3. The minimum Gasteiger partial charge on any atom is -0.481 e. The van der Waals surface area contributed by atoms with Crippen molar-refractivity contribution in [2.24, 2.45) is 5.41 Å². The lowest BCUT2D eigenvalue weighted by atomic mass is 9.86. The highest BCUT2D eigenvalue weighted by Gasteiger charge is 2.26. The zero-order chi connectivity index (χ0) is 22.1. The molecule has 0 aliphatic carbocycles. The van der Waals surface area contributed by atoms with E-state index in [4.69, 9.17) is 4.74 Å². The van der Waals surface area contributed by atoms with Crippen LogP contribution in [0.25, 0.3) is 0 Å². The maximum atomic E-state index is 11.2. The Bertz CT molecular complexity index is 674. The summed E-state index contributed by atoms with van der Waals surface area (Å²) in [4.78, 5) is 21.8. The van der Waals surface area contributed by atoms with E-state index in [-0.39, 0.29) is 5.60 Å². The lowest BCUT2D eigenvalue weighted by molar-refractivity contribution is -0.147.